The molecule has 0 aliphatic heterocycles. The molecule has 0 heterocycles. The Balaban J connectivity index is 2.41. The van der Waals surface area contributed by atoms with Gasteiger partial charge in [-0.3, -0.25) is 0 Å². The number of urea groups is 1. The number of rotatable bonds is 7. The van der Waals surface area contributed by atoms with E-state index in [-0.39, 0.29) is 6.03 Å². The molecule has 0 radical (unpaired) electrons. The SMILES string of the molecule is COCCCNC(=O)Nc1ccc(/C=C/C(=O)O)cc1. The fourth-order valence-corrected chi connectivity index (χ4v) is 1.44. The summed E-state index contributed by atoms with van der Waals surface area (Å²) in [6.07, 6.45) is 3.30. The minimum atomic E-state index is -0.998. The molecule has 0 aromatic heterocycles. The van der Waals surface area contributed by atoms with Crippen LogP contribution in [0.1, 0.15) is 12.0 Å². The molecule has 108 valence electrons. The summed E-state index contributed by atoms with van der Waals surface area (Å²) in [5.74, 6) is -0.998. The molecule has 0 saturated heterocycles. The smallest absolute Gasteiger partial charge is 0.328 e. The van der Waals surface area contributed by atoms with Gasteiger partial charge in [0, 0.05) is 32.0 Å². The zero-order valence-electron chi connectivity index (χ0n) is 11.3. The van der Waals surface area contributed by atoms with Gasteiger partial charge >= 0.3 is 12.0 Å². The number of carboxylic acids is 1. The molecule has 0 fully saturated rings. The van der Waals surface area contributed by atoms with Crippen LogP contribution >= 0.6 is 0 Å². The van der Waals surface area contributed by atoms with Crippen molar-refractivity contribution in [1.82, 2.24) is 5.32 Å². The number of ether oxygens (including phenoxy) is 1. The summed E-state index contributed by atoms with van der Waals surface area (Å²) in [6.45, 7) is 1.14. The number of carboxylic acid groups (broad SMARTS) is 1. The molecular formula is C14H18N2O4. The van der Waals surface area contributed by atoms with E-state index in [4.69, 9.17) is 9.84 Å². The van der Waals surface area contributed by atoms with E-state index in [1.165, 1.54) is 6.08 Å². The molecule has 3 N–H and O–H groups in total. The van der Waals surface area contributed by atoms with Crippen molar-refractivity contribution >= 4 is 23.8 Å². The van der Waals surface area contributed by atoms with E-state index in [2.05, 4.69) is 10.6 Å². The Bertz CT molecular complexity index is 469. The molecule has 6 nitrogen and oxygen atoms in total. The van der Waals surface area contributed by atoms with Crippen molar-refractivity contribution in [2.75, 3.05) is 25.6 Å². The molecular weight excluding hydrogens is 260 g/mol. The second-order valence-electron chi connectivity index (χ2n) is 4.02. The van der Waals surface area contributed by atoms with Gasteiger partial charge in [0.05, 0.1) is 0 Å². The molecule has 0 unspecified atom stereocenters. The lowest BCUT2D eigenvalue weighted by molar-refractivity contribution is -0.131. The number of carbonyl (C=O) groups is 2. The van der Waals surface area contributed by atoms with Gasteiger partial charge in [0.25, 0.3) is 0 Å². The van der Waals surface area contributed by atoms with Gasteiger partial charge in [0.2, 0.25) is 0 Å². The summed E-state index contributed by atoms with van der Waals surface area (Å²) < 4.78 is 4.87. The maximum atomic E-state index is 11.5. The quantitative estimate of drug-likeness (QED) is 0.525. The maximum absolute atomic E-state index is 11.5. The molecule has 20 heavy (non-hydrogen) atoms. The average molecular weight is 278 g/mol. The zero-order chi connectivity index (χ0) is 14.8. The normalized spacial score (nSPS) is 10.4. The van der Waals surface area contributed by atoms with Crippen molar-refractivity contribution in [1.29, 1.82) is 0 Å². The molecule has 0 aliphatic carbocycles. The number of hydrogen-bond donors (Lipinski definition) is 3. The van der Waals surface area contributed by atoms with Crippen LogP contribution in [0.4, 0.5) is 10.5 Å². The third-order valence-corrected chi connectivity index (χ3v) is 2.40. The largest absolute Gasteiger partial charge is 0.478 e. The van der Waals surface area contributed by atoms with Crippen molar-refractivity contribution in [3.8, 4) is 0 Å². The van der Waals surface area contributed by atoms with Crippen LogP contribution in [0.5, 0.6) is 0 Å². The van der Waals surface area contributed by atoms with E-state index in [0.29, 0.717) is 18.8 Å². The summed E-state index contributed by atoms with van der Waals surface area (Å²) in [7, 11) is 1.61. The Hall–Kier alpha value is -2.34. The molecule has 6 heteroatoms. The van der Waals surface area contributed by atoms with E-state index in [1.807, 2.05) is 0 Å². The fraction of sp³-hybridized carbons (Fsp3) is 0.286. The summed E-state index contributed by atoms with van der Waals surface area (Å²) >= 11 is 0. The predicted octanol–water partition coefficient (Wildman–Crippen LogP) is 1.94. The van der Waals surface area contributed by atoms with Gasteiger partial charge in [-0.05, 0) is 30.2 Å². The maximum Gasteiger partial charge on any atom is 0.328 e. The number of benzene rings is 1. The van der Waals surface area contributed by atoms with E-state index in [0.717, 1.165) is 18.1 Å². The first kappa shape index (κ1) is 15.7. The Morgan fingerprint density at radius 3 is 2.60 bits per heavy atom. The van der Waals surface area contributed by atoms with Crippen LogP contribution in [0.15, 0.2) is 30.3 Å². The van der Waals surface area contributed by atoms with Gasteiger partial charge in [-0.2, -0.15) is 0 Å². The van der Waals surface area contributed by atoms with Gasteiger partial charge in [0.1, 0.15) is 0 Å². The van der Waals surface area contributed by atoms with E-state index in [9.17, 15) is 9.59 Å². The monoisotopic (exact) mass is 278 g/mol. The third kappa shape index (κ3) is 6.55. The van der Waals surface area contributed by atoms with Crippen molar-refractivity contribution < 1.29 is 19.4 Å². The number of methoxy groups -OCH3 is 1. The Kier molecular flexibility index (Phi) is 6.84. The van der Waals surface area contributed by atoms with Crippen molar-refractivity contribution in [2.45, 2.75) is 6.42 Å². The number of anilines is 1. The molecule has 0 saturated carbocycles. The van der Waals surface area contributed by atoms with Gasteiger partial charge in [-0.15, -0.1) is 0 Å². The number of aliphatic carboxylic acids is 1. The van der Waals surface area contributed by atoms with Crippen LogP contribution in [0.2, 0.25) is 0 Å². The van der Waals surface area contributed by atoms with Gasteiger partial charge in [0.15, 0.2) is 0 Å². The van der Waals surface area contributed by atoms with Gasteiger partial charge in [-0.25, -0.2) is 9.59 Å². The van der Waals surface area contributed by atoms with Crippen LogP contribution in [0, 0.1) is 0 Å². The van der Waals surface area contributed by atoms with Crippen molar-refractivity contribution in [2.24, 2.45) is 0 Å². The zero-order valence-corrected chi connectivity index (χ0v) is 11.3. The van der Waals surface area contributed by atoms with Gasteiger partial charge in [-0.1, -0.05) is 12.1 Å². The summed E-state index contributed by atoms with van der Waals surface area (Å²) in [5.41, 5.74) is 1.39. The summed E-state index contributed by atoms with van der Waals surface area (Å²) in [6, 6.07) is 6.57. The highest BCUT2D eigenvalue weighted by molar-refractivity contribution is 5.89. The highest BCUT2D eigenvalue weighted by Crippen LogP contribution is 2.10. The Labute approximate surface area is 117 Å². The van der Waals surface area contributed by atoms with Crippen LogP contribution in [-0.4, -0.2) is 37.4 Å². The minimum Gasteiger partial charge on any atom is -0.478 e. The Morgan fingerprint density at radius 1 is 1.30 bits per heavy atom. The standard InChI is InChI=1S/C14H18N2O4/c1-20-10-2-9-15-14(19)16-12-6-3-11(4-7-12)5-8-13(17)18/h3-8H,2,9-10H2,1H3,(H,17,18)(H2,15,16,19)/b8-5+. The molecule has 0 aliphatic rings. The topological polar surface area (TPSA) is 87.7 Å². The number of hydrogen-bond acceptors (Lipinski definition) is 3. The molecule has 1 aromatic carbocycles. The number of carbonyl (C=O) groups excluding carboxylic acids is 1. The molecule has 1 aromatic rings. The average Bonchev–Trinajstić information content (AvgIpc) is 2.43. The first-order chi connectivity index (χ1) is 9.61. The van der Waals surface area contributed by atoms with E-state index >= 15 is 0 Å². The van der Waals surface area contributed by atoms with Crippen molar-refractivity contribution in [3.05, 3.63) is 35.9 Å². The molecule has 0 bridgehead atoms. The second kappa shape index (κ2) is 8.71. The molecule has 0 atom stereocenters. The highest BCUT2D eigenvalue weighted by atomic mass is 16.5. The van der Waals surface area contributed by atoms with E-state index in [1.54, 1.807) is 31.4 Å². The van der Waals surface area contributed by atoms with E-state index < -0.39 is 5.97 Å². The predicted molar refractivity (Wildman–Crippen MR) is 76.6 cm³/mol. The lowest BCUT2D eigenvalue weighted by atomic mass is 10.2. The van der Waals surface area contributed by atoms with Crippen molar-refractivity contribution in [3.63, 3.8) is 0 Å². The van der Waals surface area contributed by atoms with Crippen LogP contribution in [0.25, 0.3) is 6.08 Å². The molecule has 2 amide bonds. The highest BCUT2D eigenvalue weighted by Gasteiger charge is 2.00. The van der Waals surface area contributed by atoms with Crippen LogP contribution in [0.3, 0.4) is 0 Å². The Morgan fingerprint density at radius 2 is 2.00 bits per heavy atom. The molecule has 0 spiro atoms. The second-order valence-corrected chi connectivity index (χ2v) is 4.02. The fourth-order valence-electron chi connectivity index (χ4n) is 1.44. The van der Waals surface area contributed by atoms with Crippen LogP contribution in [-0.2, 0) is 9.53 Å². The lowest BCUT2D eigenvalue weighted by Gasteiger charge is -2.07. The minimum absolute atomic E-state index is 0.282. The number of nitrogens with one attached hydrogen (secondary N) is 2. The summed E-state index contributed by atoms with van der Waals surface area (Å²) in [5, 5.41) is 13.9. The number of amides is 2. The first-order valence-corrected chi connectivity index (χ1v) is 6.16. The third-order valence-electron chi connectivity index (χ3n) is 2.40. The summed E-state index contributed by atoms with van der Waals surface area (Å²) in [4.78, 5) is 21.9. The van der Waals surface area contributed by atoms with Crippen LogP contribution < -0.4 is 10.6 Å². The van der Waals surface area contributed by atoms with Gasteiger partial charge < -0.3 is 20.5 Å². The lowest BCUT2D eigenvalue weighted by Crippen LogP contribution is -2.29. The first-order valence-electron chi connectivity index (χ1n) is 6.16. The molecule has 1 rings (SSSR count).